The van der Waals surface area contributed by atoms with E-state index in [0.29, 0.717) is 42.6 Å². The van der Waals surface area contributed by atoms with E-state index < -0.39 is 6.10 Å². The molecule has 8 heteroatoms. The van der Waals surface area contributed by atoms with Crippen molar-refractivity contribution < 1.29 is 28.8 Å². The molecule has 4 rings (SSSR count). The normalized spacial score (nSPS) is 19.4. The number of amides is 1. The van der Waals surface area contributed by atoms with Crippen LogP contribution in [-0.2, 0) is 24.1 Å². The van der Waals surface area contributed by atoms with Crippen LogP contribution in [0.5, 0.6) is 23.0 Å². The van der Waals surface area contributed by atoms with Gasteiger partial charge in [0.05, 0.1) is 28.4 Å². The van der Waals surface area contributed by atoms with Gasteiger partial charge in [-0.15, -0.1) is 0 Å². The number of aliphatic hydroxyl groups is 1. The van der Waals surface area contributed by atoms with E-state index in [1.165, 1.54) is 11.1 Å². The Morgan fingerprint density at radius 2 is 1.47 bits per heavy atom. The molecule has 2 aliphatic rings. The molecule has 1 amide bonds. The van der Waals surface area contributed by atoms with E-state index in [4.69, 9.17) is 18.9 Å². The number of fused-ring (bicyclic) bond motifs is 2. The minimum atomic E-state index is -1.19. The highest BCUT2D eigenvalue weighted by Crippen LogP contribution is 2.36. The van der Waals surface area contributed by atoms with Crippen molar-refractivity contribution in [3.63, 3.8) is 0 Å². The number of aryl methyl sites for hydroxylation is 1. The van der Waals surface area contributed by atoms with Crippen LogP contribution < -0.4 is 18.9 Å². The number of hydrogen-bond donors (Lipinski definition) is 1. The molecule has 0 saturated heterocycles. The smallest absolute Gasteiger partial charge is 0.256 e. The number of aliphatic hydroxyl groups excluding tert-OH is 1. The van der Waals surface area contributed by atoms with Crippen LogP contribution in [0.15, 0.2) is 24.3 Å². The van der Waals surface area contributed by atoms with Gasteiger partial charge in [0.25, 0.3) is 5.91 Å². The molecule has 2 aromatic rings. The van der Waals surface area contributed by atoms with Gasteiger partial charge in [-0.2, -0.15) is 0 Å². The highest BCUT2D eigenvalue weighted by atomic mass is 16.5. The summed E-state index contributed by atoms with van der Waals surface area (Å²) >= 11 is 0. The molecule has 0 bridgehead atoms. The molecule has 8 nitrogen and oxygen atoms in total. The van der Waals surface area contributed by atoms with E-state index in [2.05, 4.69) is 24.1 Å². The van der Waals surface area contributed by atoms with Crippen LogP contribution >= 0.6 is 0 Å². The van der Waals surface area contributed by atoms with Crippen LogP contribution in [0.25, 0.3) is 0 Å². The van der Waals surface area contributed by atoms with Gasteiger partial charge in [-0.3, -0.25) is 4.79 Å². The molecule has 0 aromatic heterocycles. The summed E-state index contributed by atoms with van der Waals surface area (Å²) in [6, 6.07) is 8.23. The topological polar surface area (TPSA) is 80.7 Å². The van der Waals surface area contributed by atoms with Crippen molar-refractivity contribution in [3.05, 3.63) is 46.5 Å². The van der Waals surface area contributed by atoms with Crippen molar-refractivity contribution in [1.82, 2.24) is 9.80 Å². The molecule has 0 saturated carbocycles. The first-order chi connectivity index (χ1) is 17.4. The standard InChI is InChI=1S/C28H38N2O6/c1-29(21-8-7-18-14-23(33-2)25(35-4)16-20(18)13-21)10-6-11-30-12-9-19-15-24(34-3)26(36-5)17-22(19)27(31)28(30)32/h14-17,21,27,31H,6-13H2,1-5H3. The van der Waals surface area contributed by atoms with Gasteiger partial charge in [-0.05, 0) is 92.2 Å². The number of methoxy groups -OCH3 is 4. The quantitative estimate of drug-likeness (QED) is 0.569. The molecule has 2 unspecified atom stereocenters. The number of nitrogens with zero attached hydrogens (tertiary/aromatic N) is 2. The lowest BCUT2D eigenvalue weighted by molar-refractivity contribution is -0.140. The predicted octanol–water partition coefficient (Wildman–Crippen LogP) is 3.02. The summed E-state index contributed by atoms with van der Waals surface area (Å²) < 4.78 is 21.7. The summed E-state index contributed by atoms with van der Waals surface area (Å²) in [6.07, 6.45) is 3.37. The number of ether oxygens (including phenoxy) is 4. The van der Waals surface area contributed by atoms with Crippen molar-refractivity contribution in [2.24, 2.45) is 0 Å². The fourth-order valence-electron chi connectivity index (χ4n) is 5.44. The molecule has 1 heterocycles. The predicted molar refractivity (Wildman–Crippen MR) is 137 cm³/mol. The van der Waals surface area contributed by atoms with Crippen LogP contribution in [0, 0.1) is 0 Å². The van der Waals surface area contributed by atoms with Crippen LogP contribution in [0.4, 0.5) is 0 Å². The Labute approximate surface area is 213 Å². The van der Waals surface area contributed by atoms with Gasteiger partial charge >= 0.3 is 0 Å². The van der Waals surface area contributed by atoms with E-state index in [0.717, 1.165) is 49.3 Å². The first-order valence-corrected chi connectivity index (χ1v) is 12.6. The molecule has 2 aromatic carbocycles. The van der Waals surface area contributed by atoms with Gasteiger partial charge in [-0.1, -0.05) is 0 Å². The van der Waals surface area contributed by atoms with E-state index >= 15 is 0 Å². The number of benzene rings is 2. The van der Waals surface area contributed by atoms with E-state index in [9.17, 15) is 9.90 Å². The molecular formula is C28H38N2O6. The summed E-state index contributed by atoms with van der Waals surface area (Å²) in [7, 11) is 8.64. The largest absolute Gasteiger partial charge is 0.493 e. The van der Waals surface area contributed by atoms with Gasteiger partial charge in [0.15, 0.2) is 29.1 Å². The second-order valence-electron chi connectivity index (χ2n) is 9.59. The number of carbonyl (C=O) groups excluding carboxylic acids is 1. The Kier molecular flexibility index (Phi) is 8.26. The SMILES string of the molecule is COc1cc2c(cc1OC)CC(N(C)CCCN1CCc3cc(OC)c(OC)cc3C(O)C1=O)CC2. The van der Waals surface area contributed by atoms with E-state index in [1.54, 1.807) is 39.4 Å². The molecule has 196 valence electrons. The van der Waals surface area contributed by atoms with Crippen LogP contribution in [0.3, 0.4) is 0 Å². The Morgan fingerprint density at radius 3 is 2.11 bits per heavy atom. The summed E-state index contributed by atoms with van der Waals surface area (Å²) in [5, 5.41) is 10.8. The highest BCUT2D eigenvalue weighted by molar-refractivity contribution is 5.83. The summed E-state index contributed by atoms with van der Waals surface area (Å²) in [5.41, 5.74) is 4.16. The Hall–Kier alpha value is -2.97. The second-order valence-corrected chi connectivity index (χ2v) is 9.59. The Bertz CT molecular complexity index is 1090. The van der Waals surface area contributed by atoms with Crippen molar-refractivity contribution in [1.29, 1.82) is 0 Å². The van der Waals surface area contributed by atoms with Gasteiger partial charge in [-0.25, -0.2) is 0 Å². The van der Waals surface area contributed by atoms with Gasteiger partial charge in [0.1, 0.15) is 0 Å². The van der Waals surface area contributed by atoms with Crippen LogP contribution in [0.1, 0.15) is 41.2 Å². The molecular weight excluding hydrogens is 460 g/mol. The Balaban J connectivity index is 1.35. The average molecular weight is 499 g/mol. The lowest BCUT2D eigenvalue weighted by atomic mass is 9.87. The number of hydrogen-bond acceptors (Lipinski definition) is 7. The highest BCUT2D eigenvalue weighted by Gasteiger charge is 2.31. The van der Waals surface area contributed by atoms with Crippen molar-refractivity contribution in [2.45, 2.75) is 44.2 Å². The molecule has 0 fully saturated rings. The van der Waals surface area contributed by atoms with Crippen molar-refractivity contribution in [3.8, 4) is 23.0 Å². The van der Waals surface area contributed by atoms with E-state index in [1.807, 2.05) is 6.07 Å². The van der Waals surface area contributed by atoms with Gasteiger partial charge < -0.3 is 33.9 Å². The molecule has 36 heavy (non-hydrogen) atoms. The first-order valence-electron chi connectivity index (χ1n) is 12.6. The summed E-state index contributed by atoms with van der Waals surface area (Å²) in [5.74, 6) is 2.43. The average Bonchev–Trinajstić information content (AvgIpc) is 3.02. The van der Waals surface area contributed by atoms with E-state index in [-0.39, 0.29) is 5.91 Å². The monoisotopic (exact) mass is 498 g/mol. The molecule has 2 atom stereocenters. The molecule has 1 aliphatic carbocycles. The van der Waals surface area contributed by atoms with Crippen LogP contribution in [-0.4, -0.2) is 82.0 Å². The summed E-state index contributed by atoms with van der Waals surface area (Å²) in [4.78, 5) is 17.2. The lowest BCUT2D eigenvalue weighted by Gasteiger charge is -2.33. The molecule has 1 aliphatic heterocycles. The maximum absolute atomic E-state index is 13.1. The molecule has 1 N–H and O–H groups in total. The first kappa shape index (κ1) is 26.1. The molecule has 0 spiro atoms. The van der Waals surface area contributed by atoms with Crippen LogP contribution in [0.2, 0.25) is 0 Å². The van der Waals surface area contributed by atoms with Gasteiger partial charge in [0.2, 0.25) is 0 Å². The third-order valence-electron chi connectivity index (χ3n) is 7.61. The minimum absolute atomic E-state index is 0.253. The number of likely N-dealkylation sites (N-methyl/N-ethyl adjacent to an activating group) is 1. The van der Waals surface area contributed by atoms with Gasteiger partial charge in [0, 0.05) is 19.1 Å². The third kappa shape index (κ3) is 5.25. The zero-order valence-electron chi connectivity index (χ0n) is 22.0. The molecule has 0 radical (unpaired) electrons. The second kappa shape index (κ2) is 11.4. The third-order valence-corrected chi connectivity index (χ3v) is 7.61. The maximum Gasteiger partial charge on any atom is 0.256 e. The fraction of sp³-hybridized carbons (Fsp3) is 0.536. The zero-order valence-corrected chi connectivity index (χ0v) is 22.0. The van der Waals surface area contributed by atoms with Crippen molar-refractivity contribution >= 4 is 5.91 Å². The number of carbonyl (C=O) groups is 1. The minimum Gasteiger partial charge on any atom is -0.493 e. The lowest BCUT2D eigenvalue weighted by Crippen LogP contribution is -2.40. The van der Waals surface area contributed by atoms with Crippen molar-refractivity contribution in [2.75, 3.05) is 55.1 Å². The number of rotatable bonds is 9. The zero-order chi connectivity index (χ0) is 25.8. The Morgan fingerprint density at radius 1 is 0.889 bits per heavy atom. The fourth-order valence-corrected chi connectivity index (χ4v) is 5.44. The maximum atomic E-state index is 13.1. The summed E-state index contributed by atoms with van der Waals surface area (Å²) in [6.45, 7) is 2.05.